The Morgan fingerprint density at radius 1 is 0.949 bits per heavy atom. The predicted octanol–water partition coefficient (Wildman–Crippen LogP) is 4.48. The number of aromatic amines is 1. The van der Waals surface area contributed by atoms with Crippen molar-refractivity contribution in [2.24, 2.45) is 0 Å². The Balaban J connectivity index is 1.49. The van der Waals surface area contributed by atoms with Crippen LogP contribution in [0.5, 0.6) is 11.5 Å². The molecule has 0 aliphatic rings. The second-order valence-corrected chi connectivity index (χ2v) is 9.41. The third kappa shape index (κ3) is 7.61. The number of methoxy groups -OCH3 is 2. The molecular formula is C31H35N3O5. The molecule has 1 aromatic heterocycles. The Hall–Kier alpha value is -4.30. The molecule has 0 fully saturated rings. The van der Waals surface area contributed by atoms with Gasteiger partial charge in [0.1, 0.15) is 11.5 Å². The fourth-order valence-corrected chi connectivity index (χ4v) is 4.60. The molecule has 2 amide bonds. The normalized spacial score (nSPS) is 11.7. The van der Waals surface area contributed by atoms with E-state index < -0.39 is 0 Å². The summed E-state index contributed by atoms with van der Waals surface area (Å²) in [4.78, 5) is 30.7. The van der Waals surface area contributed by atoms with Gasteiger partial charge in [0.05, 0.1) is 19.8 Å². The molecule has 0 spiro atoms. The second-order valence-electron chi connectivity index (χ2n) is 9.41. The summed E-state index contributed by atoms with van der Waals surface area (Å²) in [6.07, 6.45) is 2.50. The lowest BCUT2D eigenvalue weighted by atomic mass is 10.0. The Bertz CT molecular complexity index is 1380. The standard InChI is InChI=1S/C31H35N3O5/c1-22(35)34(18-24-8-4-7-11-30(24)38-3)19-26(16-25-17-32-29-10-6-5-9-28(25)29)33-31(36)21-39-27-14-12-23(13-15-27)20-37-2/h4-15,17,26,32H,16,18-21H2,1-3H3,(H,33,36)/t26-/m1/s1. The van der Waals surface area contributed by atoms with E-state index in [0.29, 0.717) is 37.6 Å². The predicted molar refractivity (Wildman–Crippen MR) is 151 cm³/mol. The van der Waals surface area contributed by atoms with Crippen molar-refractivity contribution >= 4 is 22.7 Å². The molecule has 0 aliphatic carbocycles. The molecule has 1 heterocycles. The van der Waals surface area contributed by atoms with Gasteiger partial charge in [-0.15, -0.1) is 0 Å². The summed E-state index contributed by atoms with van der Waals surface area (Å²) in [6, 6.07) is 22.7. The summed E-state index contributed by atoms with van der Waals surface area (Å²) in [7, 11) is 3.26. The molecule has 0 radical (unpaired) electrons. The first-order valence-corrected chi connectivity index (χ1v) is 12.9. The van der Waals surface area contributed by atoms with Gasteiger partial charge in [-0.05, 0) is 41.8 Å². The lowest BCUT2D eigenvalue weighted by Gasteiger charge is -2.28. The van der Waals surface area contributed by atoms with Crippen LogP contribution in [0, 0.1) is 0 Å². The number of H-pyrrole nitrogens is 1. The summed E-state index contributed by atoms with van der Waals surface area (Å²) >= 11 is 0. The average Bonchev–Trinajstić information content (AvgIpc) is 3.35. The van der Waals surface area contributed by atoms with E-state index >= 15 is 0 Å². The van der Waals surface area contributed by atoms with Crippen molar-refractivity contribution in [1.82, 2.24) is 15.2 Å². The van der Waals surface area contributed by atoms with Gasteiger partial charge in [-0.3, -0.25) is 9.59 Å². The van der Waals surface area contributed by atoms with E-state index in [2.05, 4.69) is 10.3 Å². The first-order chi connectivity index (χ1) is 19.0. The van der Waals surface area contributed by atoms with E-state index in [1.165, 1.54) is 6.92 Å². The summed E-state index contributed by atoms with van der Waals surface area (Å²) in [5, 5.41) is 4.19. The molecule has 3 aromatic carbocycles. The van der Waals surface area contributed by atoms with Crippen molar-refractivity contribution in [1.29, 1.82) is 0 Å². The summed E-state index contributed by atoms with van der Waals surface area (Å²) in [6.45, 7) is 2.60. The van der Waals surface area contributed by atoms with E-state index in [-0.39, 0.29) is 24.5 Å². The lowest BCUT2D eigenvalue weighted by Crippen LogP contribution is -2.47. The minimum atomic E-state index is -0.344. The summed E-state index contributed by atoms with van der Waals surface area (Å²) in [5.74, 6) is 0.957. The van der Waals surface area contributed by atoms with Gasteiger partial charge in [0.25, 0.3) is 5.91 Å². The number of carbonyl (C=O) groups excluding carboxylic acids is 2. The number of hydrogen-bond donors (Lipinski definition) is 2. The lowest BCUT2D eigenvalue weighted by molar-refractivity contribution is -0.131. The summed E-state index contributed by atoms with van der Waals surface area (Å²) < 4.78 is 16.4. The van der Waals surface area contributed by atoms with Crippen LogP contribution in [0.15, 0.2) is 79.0 Å². The van der Waals surface area contributed by atoms with Gasteiger partial charge in [0.2, 0.25) is 5.91 Å². The number of ether oxygens (including phenoxy) is 3. The highest BCUT2D eigenvalue weighted by atomic mass is 16.5. The fraction of sp³-hybridized carbons (Fsp3) is 0.290. The van der Waals surface area contributed by atoms with Crippen LogP contribution in [-0.4, -0.2) is 55.1 Å². The molecule has 0 saturated carbocycles. The van der Waals surface area contributed by atoms with Crippen LogP contribution in [0.3, 0.4) is 0 Å². The van der Waals surface area contributed by atoms with Crippen molar-refractivity contribution < 1.29 is 23.8 Å². The van der Waals surface area contributed by atoms with E-state index in [9.17, 15) is 9.59 Å². The molecule has 2 N–H and O–H groups in total. The SMILES string of the molecule is COCc1ccc(OCC(=O)N[C@H](Cc2c[nH]c3ccccc23)CN(Cc2ccccc2OC)C(C)=O)cc1. The molecule has 8 heteroatoms. The Morgan fingerprint density at radius 3 is 2.44 bits per heavy atom. The minimum absolute atomic E-state index is 0.0912. The van der Waals surface area contributed by atoms with Crippen molar-refractivity contribution in [2.45, 2.75) is 32.5 Å². The van der Waals surface area contributed by atoms with E-state index in [1.54, 1.807) is 19.1 Å². The van der Waals surface area contributed by atoms with Gasteiger partial charge in [-0.2, -0.15) is 0 Å². The zero-order valence-corrected chi connectivity index (χ0v) is 22.6. The topological polar surface area (TPSA) is 92.9 Å². The number of fused-ring (bicyclic) bond motifs is 1. The monoisotopic (exact) mass is 529 g/mol. The van der Waals surface area contributed by atoms with Crippen LogP contribution in [0.2, 0.25) is 0 Å². The molecule has 1 atom stereocenters. The smallest absolute Gasteiger partial charge is 0.258 e. The Labute approximate surface area is 228 Å². The maximum Gasteiger partial charge on any atom is 0.258 e. The number of para-hydroxylation sites is 2. The van der Waals surface area contributed by atoms with Gasteiger partial charge in [0.15, 0.2) is 6.61 Å². The highest BCUT2D eigenvalue weighted by molar-refractivity contribution is 5.83. The Morgan fingerprint density at radius 2 is 1.69 bits per heavy atom. The van der Waals surface area contributed by atoms with Crippen LogP contribution < -0.4 is 14.8 Å². The van der Waals surface area contributed by atoms with E-state index in [0.717, 1.165) is 27.6 Å². The van der Waals surface area contributed by atoms with Crippen molar-refractivity contribution in [2.75, 3.05) is 27.4 Å². The molecule has 204 valence electrons. The third-order valence-electron chi connectivity index (χ3n) is 6.55. The first kappa shape index (κ1) is 27.7. The van der Waals surface area contributed by atoms with E-state index in [1.807, 2.05) is 79.0 Å². The number of hydrogen-bond acceptors (Lipinski definition) is 5. The number of rotatable bonds is 13. The van der Waals surface area contributed by atoms with Crippen molar-refractivity contribution in [3.8, 4) is 11.5 Å². The summed E-state index contributed by atoms with van der Waals surface area (Å²) in [5.41, 5.74) is 4.00. The molecule has 4 aromatic rings. The minimum Gasteiger partial charge on any atom is -0.496 e. The molecule has 0 bridgehead atoms. The quantitative estimate of drug-likeness (QED) is 0.267. The second kappa shape index (κ2) is 13.5. The number of aromatic nitrogens is 1. The van der Waals surface area contributed by atoms with Gasteiger partial charge in [-0.1, -0.05) is 48.5 Å². The van der Waals surface area contributed by atoms with Crippen LogP contribution in [-0.2, 0) is 33.9 Å². The molecular weight excluding hydrogens is 494 g/mol. The van der Waals surface area contributed by atoms with Crippen LogP contribution in [0.1, 0.15) is 23.6 Å². The third-order valence-corrected chi connectivity index (χ3v) is 6.55. The maximum atomic E-state index is 13.0. The number of amides is 2. The molecule has 0 aliphatic heterocycles. The highest BCUT2D eigenvalue weighted by Crippen LogP contribution is 2.22. The molecule has 8 nitrogen and oxygen atoms in total. The van der Waals surface area contributed by atoms with Crippen LogP contribution >= 0.6 is 0 Å². The number of benzene rings is 3. The molecule has 0 unspecified atom stereocenters. The largest absolute Gasteiger partial charge is 0.496 e. The van der Waals surface area contributed by atoms with Crippen molar-refractivity contribution in [3.05, 3.63) is 95.7 Å². The zero-order valence-electron chi connectivity index (χ0n) is 22.6. The maximum absolute atomic E-state index is 13.0. The molecule has 39 heavy (non-hydrogen) atoms. The number of carbonyl (C=O) groups is 2. The number of nitrogens with one attached hydrogen (secondary N) is 2. The van der Waals surface area contributed by atoms with Gasteiger partial charge >= 0.3 is 0 Å². The fourth-order valence-electron chi connectivity index (χ4n) is 4.60. The highest BCUT2D eigenvalue weighted by Gasteiger charge is 2.22. The van der Waals surface area contributed by atoms with E-state index in [4.69, 9.17) is 14.2 Å². The first-order valence-electron chi connectivity index (χ1n) is 12.9. The molecule has 0 saturated heterocycles. The zero-order chi connectivity index (χ0) is 27.6. The molecule has 4 rings (SSSR count). The van der Waals surface area contributed by atoms with Crippen LogP contribution in [0.25, 0.3) is 10.9 Å². The van der Waals surface area contributed by atoms with Gasteiger partial charge in [-0.25, -0.2) is 0 Å². The van der Waals surface area contributed by atoms with Gasteiger partial charge < -0.3 is 29.4 Å². The van der Waals surface area contributed by atoms with Gasteiger partial charge in [0, 0.05) is 49.8 Å². The van der Waals surface area contributed by atoms with Crippen molar-refractivity contribution in [3.63, 3.8) is 0 Å². The van der Waals surface area contributed by atoms with Crippen LogP contribution in [0.4, 0.5) is 0 Å². The average molecular weight is 530 g/mol. The number of nitrogens with zero attached hydrogens (tertiary/aromatic N) is 1. The Kier molecular flexibility index (Phi) is 9.58.